The van der Waals surface area contributed by atoms with Gasteiger partial charge in [0.15, 0.2) is 0 Å². The summed E-state index contributed by atoms with van der Waals surface area (Å²) in [6.45, 7) is 4.28. The molecule has 144 valence electrons. The van der Waals surface area contributed by atoms with Crippen LogP contribution in [0.1, 0.15) is 12.0 Å². The van der Waals surface area contributed by atoms with E-state index in [0.717, 1.165) is 5.56 Å². The van der Waals surface area contributed by atoms with E-state index in [1.54, 1.807) is 17.0 Å². The predicted molar refractivity (Wildman–Crippen MR) is 99.1 cm³/mol. The maximum absolute atomic E-state index is 12.3. The van der Waals surface area contributed by atoms with Crippen molar-refractivity contribution in [3.63, 3.8) is 0 Å². The number of carbonyl (C=O) groups excluding carboxylic acids is 3. The molecular formula is C18H23N5O4. The molecule has 3 rings (SSSR count). The third-order valence-corrected chi connectivity index (χ3v) is 4.33. The number of aryl methyl sites for hydroxylation is 1. The fourth-order valence-electron chi connectivity index (χ4n) is 2.78. The fraction of sp³-hybridized carbons (Fsp3) is 0.444. The van der Waals surface area contributed by atoms with Crippen molar-refractivity contribution in [2.75, 3.05) is 44.4 Å². The van der Waals surface area contributed by atoms with Crippen LogP contribution in [-0.2, 0) is 19.1 Å². The number of benzene rings is 1. The molecule has 27 heavy (non-hydrogen) atoms. The van der Waals surface area contributed by atoms with Crippen LogP contribution in [-0.4, -0.2) is 67.8 Å². The largest absolute Gasteiger partial charge is 0.378 e. The van der Waals surface area contributed by atoms with E-state index in [0.29, 0.717) is 32.0 Å². The number of anilines is 1. The van der Waals surface area contributed by atoms with E-state index in [1.807, 2.05) is 19.1 Å². The number of aliphatic imine (C=N–C) groups is 1. The van der Waals surface area contributed by atoms with Crippen LogP contribution in [0.15, 0.2) is 29.3 Å². The molecule has 0 aromatic heterocycles. The second-order valence-corrected chi connectivity index (χ2v) is 6.34. The lowest BCUT2D eigenvalue weighted by Gasteiger charge is -2.28. The number of nitrogens with zero attached hydrogens (tertiary/aromatic N) is 3. The van der Waals surface area contributed by atoms with Gasteiger partial charge in [0, 0.05) is 26.1 Å². The van der Waals surface area contributed by atoms with Crippen molar-refractivity contribution in [1.82, 2.24) is 15.6 Å². The smallest absolute Gasteiger partial charge is 0.288 e. The summed E-state index contributed by atoms with van der Waals surface area (Å²) in [4.78, 5) is 42.2. The van der Waals surface area contributed by atoms with Crippen LogP contribution in [0, 0.1) is 6.92 Å². The zero-order valence-corrected chi connectivity index (χ0v) is 15.2. The number of hydrogen-bond donors (Lipinski definition) is 2. The molecule has 2 aliphatic heterocycles. The van der Waals surface area contributed by atoms with Crippen molar-refractivity contribution in [2.45, 2.75) is 13.3 Å². The molecule has 0 aliphatic carbocycles. The number of hydrazine groups is 1. The van der Waals surface area contributed by atoms with Crippen LogP contribution in [0.3, 0.4) is 0 Å². The van der Waals surface area contributed by atoms with Gasteiger partial charge < -0.3 is 15.0 Å². The predicted octanol–water partition coefficient (Wildman–Crippen LogP) is -0.390. The van der Waals surface area contributed by atoms with Crippen molar-refractivity contribution in [2.24, 2.45) is 4.99 Å². The third kappa shape index (κ3) is 4.82. The highest BCUT2D eigenvalue weighted by atomic mass is 16.5. The van der Waals surface area contributed by atoms with Gasteiger partial charge >= 0.3 is 0 Å². The number of hydrogen-bond acceptors (Lipinski definition) is 6. The van der Waals surface area contributed by atoms with Gasteiger partial charge in [-0.2, -0.15) is 0 Å². The number of morpholine rings is 1. The van der Waals surface area contributed by atoms with Crippen molar-refractivity contribution in [1.29, 1.82) is 0 Å². The molecule has 0 radical (unpaired) electrons. The maximum atomic E-state index is 12.3. The average molecular weight is 373 g/mol. The van der Waals surface area contributed by atoms with Gasteiger partial charge in [0.25, 0.3) is 11.8 Å². The van der Waals surface area contributed by atoms with Gasteiger partial charge in [-0.3, -0.25) is 24.8 Å². The Morgan fingerprint density at radius 3 is 2.63 bits per heavy atom. The standard InChI is InChI=1S/C18H23N5O4/c1-13-2-4-14(5-3-13)23-16(25)12-20-17(21-23)18(26)19-7-6-15(24)22-8-10-27-11-9-22/h2-5H,6-12H2,1H3,(H,19,26)(H,20,21). The van der Waals surface area contributed by atoms with Crippen molar-refractivity contribution >= 4 is 29.2 Å². The molecule has 0 spiro atoms. The van der Waals surface area contributed by atoms with Crippen LogP contribution in [0.4, 0.5) is 5.69 Å². The molecule has 1 aromatic carbocycles. The van der Waals surface area contributed by atoms with E-state index in [2.05, 4.69) is 15.7 Å². The monoisotopic (exact) mass is 373 g/mol. The first-order valence-corrected chi connectivity index (χ1v) is 8.89. The third-order valence-electron chi connectivity index (χ3n) is 4.33. The van der Waals surface area contributed by atoms with Gasteiger partial charge in [-0.1, -0.05) is 17.7 Å². The molecule has 2 aliphatic rings. The van der Waals surface area contributed by atoms with Crippen LogP contribution in [0.5, 0.6) is 0 Å². The minimum Gasteiger partial charge on any atom is -0.378 e. The molecule has 0 unspecified atom stereocenters. The normalized spacial score (nSPS) is 17.2. The molecule has 2 N–H and O–H groups in total. The second-order valence-electron chi connectivity index (χ2n) is 6.34. The van der Waals surface area contributed by atoms with E-state index >= 15 is 0 Å². The lowest BCUT2D eigenvalue weighted by Crippen LogP contribution is -2.56. The molecule has 1 aromatic rings. The molecule has 1 fully saturated rings. The van der Waals surface area contributed by atoms with Crippen LogP contribution >= 0.6 is 0 Å². The lowest BCUT2D eigenvalue weighted by molar-refractivity contribution is -0.135. The molecule has 9 nitrogen and oxygen atoms in total. The van der Waals surface area contributed by atoms with Gasteiger partial charge in [0.2, 0.25) is 11.7 Å². The molecule has 0 atom stereocenters. The van der Waals surface area contributed by atoms with Crippen molar-refractivity contribution < 1.29 is 19.1 Å². The summed E-state index contributed by atoms with van der Waals surface area (Å²) >= 11 is 0. The highest BCUT2D eigenvalue weighted by Gasteiger charge is 2.25. The van der Waals surface area contributed by atoms with Gasteiger partial charge in [-0.15, -0.1) is 0 Å². The summed E-state index contributed by atoms with van der Waals surface area (Å²) in [7, 11) is 0. The number of nitrogens with one attached hydrogen (secondary N) is 2. The Hall–Kier alpha value is -2.94. The summed E-state index contributed by atoms with van der Waals surface area (Å²) in [6.07, 6.45) is 0.208. The highest BCUT2D eigenvalue weighted by Crippen LogP contribution is 2.15. The summed E-state index contributed by atoms with van der Waals surface area (Å²) in [5.74, 6) is -0.671. The molecule has 0 saturated carbocycles. The van der Waals surface area contributed by atoms with Gasteiger partial charge in [0.05, 0.1) is 18.9 Å². The fourth-order valence-corrected chi connectivity index (χ4v) is 2.78. The van der Waals surface area contributed by atoms with E-state index in [-0.39, 0.29) is 37.2 Å². The first-order valence-electron chi connectivity index (χ1n) is 8.89. The maximum Gasteiger partial charge on any atom is 0.288 e. The average Bonchev–Trinajstić information content (AvgIpc) is 2.69. The summed E-state index contributed by atoms with van der Waals surface area (Å²) in [6, 6.07) is 7.35. The van der Waals surface area contributed by atoms with Crippen LogP contribution in [0.25, 0.3) is 0 Å². The zero-order chi connectivity index (χ0) is 19.2. The SMILES string of the molecule is Cc1ccc(N2NC(C(=O)NCCC(=O)N3CCOCC3)=NCC2=O)cc1. The molecule has 3 amide bonds. The lowest BCUT2D eigenvalue weighted by atomic mass is 10.2. The number of ether oxygens (including phenoxy) is 1. The highest BCUT2D eigenvalue weighted by molar-refractivity contribution is 6.39. The number of rotatable bonds is 5. The Bertz CT molecular complexity index is 741. The topological polar surface area (TPSA) is 103 Å². The molecule has 0 bridgehead atoms. The van der Waals surface area contributed by atoms with Gasteiger partial charge in [-0.05, 0) is 19.1 Å². The Kier molecular flexibility index (Phi) is 6.02. The van der Waals surface area contributed by atoms with Crippen molar-refractivity contribution in [3.05, 3.63) is 29.8 Å². The van der Waals surface area contributed by atoms with E-state index in [1.165, 1.54) is 5.01 Å². The van der Waals surface area contributed by atoms with E-state index in [4.69, 9.17) is 4.74 Å². The Labute approximate surface area is 157 Å². The van der Waals surface area contributed by atoms with Crippen LogP contribution < -0.4 is 15.8 Å². The number of amides is 3. The van der Waals surface area contributed by atoms with Gasteiger partial charge in [0.1, 0.15) is 6.54 Å². The Balaban J connectivity index is 1.51. The molecule has 1 saturated heterocycles. The first kappa shape index (κ1) is 18.8. The zero-order valence-electron chi connectivity index (χ0n) is 15.2. The van der Waals surface area contributed by atoms with Gasteiger partial charge in [-0.25, -0.2) is 5.01 Å². The first-order chi connectivity index (χ1) is 13.0. The second kappa shape index (κ2) is 8.63. The van der Waals surface area contributed by atoms with E-state index in [9.17, 15) is 14.4 Å². The molecular weight excluding hydrogens is 350 g/mol. The van der Waals surface area contributed by atoms with Crippen molar-refractivity contribution in [3.8, 4) is 0 Å². The summed E-state index contributed by atoms with van der Waals surface area (Å²) in [5, 5.41) is 3.98. The Morgan fingerprint density at radius 2 is 1.93 bits per heavy atom. The minimum atomic E-state index is -0.450. The molecule has 2 heterocycles. The summed E-state index contributed by atoms with van der Waals surface area (Å²) < 4.78 is 5.21. The van der Waals surface area contributed by atoms with Crippen LogP contribution in [0.2, 0.25) is 0 Å². The number of amidine groups is 1. The minimum absolute atomic E-state index is 0.0198. The number of carbonyl (C=O) groups is 3. The van der Waals surface area contributed by atoms with E-state index < -0.39 is 5.91 Å². The summed E-state index contributed by atoms with van der Waals surface area (Å²) in [5.41, 5.74) is 4.45. The molecule has 9 heteroatoms. The Morgan fingerprint density at radius 1 is 1.22 bits per heavy atom. The quantitative estimate of drug-likeness (QED) is 0.732.